The Balaban J connectivity index is 1.26. The zero-order valence-corrected chi connectivity index (χ0v) is 32.6. The Morgan fingerprint density at radius 1 is 0.684 bits per heavy atom. The topological polar surface area (TPSA) is 86.6 Å². The summed E-state index contributed by atoms with van der Waals surface area (Å²) >= 11 is 0. The average Bonchev–Trinajstić information content (AvgIpc) is 4.09. The maximum Gasteiger partial charge on any atom is 0.121 e. The maximum absolute atomic E-state index is 5.82. The minimum atomic E-state index is 0.524. The Kier molecular flexibility index (Phi) is 11.6. The second kappa shape index (κ2) is 17.7. The van der Waals surface area contributed by atoms with Crippen LogP contribution in [0.3, 0.4) is 0 Å². The van der Waals surface area contributed by atoms with E-state index in [1.807, 2.05) is 25.5 Å². The van der Waals surface area contributed by atoms with Crippen LogP contribution in [0, 0.1) is 0 Å². The van der Waals surface area contributed by atoms with Crippen LogP contribution >= 0.6 is 0 Å². The van der Waals surface area contributed by atoms with E-state index < -0.39 is 0 Å². The lowest BCUT2D eigenvalue weighted by atomic mass is 9.97. The fourth-order valence-corrected chi connectivity index (χ4v) is 7.66. The summed E-state index contributed by atoms with van der Waals surface area (Å²) in [5.74, 6) is 0.926. The number of aromatic nitrogens is 1. The van der Waals surface area contributed by atoms with Gasteiger partial charge in [-0.3, -0.25) is 0 Å². The number of hydrogen-bond donors (Lipinski definition) is 2. The van der Waals surface area contributed by atoms with Crippen molar-refractivity contribution < 1.29 is 9.47 Å². The molecule has 286 valence electrons. The van der Waals surface area contributed by atoms with Crippen molar-refractivity contribution in [1.82, 2.24) is 15.2 Å². The van der Waals surface area contributed by atoms with Crippen molar-refractivity contribution in [2.45, 2.75) is 38.5 Å². The lowest BCUT2D eigenvalue weighted by Gasteiger charge is -2.17. The Morgan fingerprint density at radius 2 is 1.33 bits per heavy atom. The van der Waals surface area contributed by atoms with Gasteiger partial charge in [0, 0.05) is 60.8 Å². The van der Waals surface area contributed by atoms with Gasteiger partial charge in [0.1, 0.15) is 5.82 Å². The highest BCUT2D eigenvalue weighted by molar-refractivity contribution is 6.34. The third kappa shape index (κ3) is 8.44. The van der Waals surface area contributed by atoms with E-state index in [2.05, 4.69) is 119 Å². The number of nitrogens with zero attached hydrogens (tertiary/aromatic N) is 4. The van der Waals surface area contributed by atoms with Crippen LogP contribution in [0.15, 0.2) is 189 Å². The highest BCUT2D eigenvalue weighted by atomic mass is 16.5. The van der Waals surface area contributed by atoms with Crippen LogP contribution in [0.2, 0.25) is 0 Å². The van der Waals surface area contributed by atoms with E-state index in [4.69, 9.17) is 24.5 Å². The molecule has 0 radical (unpaired) electrons. The van der Waals surface area contributed by atoms with Crippen LogP contribution in [0.4, 0.5) is 0 Å². The predicted octanol–water partition coefficient (Wildman–Crippen LogP) is 9.55. The Bertz CT molecular complexity index is 2400. The second-order valence-electron chi connectivity index (χ2n) is 14.4. The number of benzene rings is 1. The molecule has 8 bridgehead atoms. The Labute approximate surface area is 335 Å². The van der Waals surface area contributed by atoms with Gasteiger partial charge < -0.3 is 24.7 Å². The summed E-state index contributed by atoms with van der Waals surface area (Å²) in [7, 11) is 2.04. The molecule has 2 N–H and O–H groups in total. The van der Waals surface area contributed by atoms with Crippen LogP contribution in [0.5, 0.6) is 0 Å². The van der Waals surface area contributed by atoms with Gasteiger partial charge in [-0.15, -0.1) is 18.9 Å². The van der Waals surface area contributed by atoms with Crippen LogP contribution in [0.1, 0.15) is 54.6 Å². The zero-order valence-electron chi connectivity index (χ0n) is 32.6. The van der Waals surface area contributed by atoms with E-state index in [1.165, 1.54) is 11.1 Å². The van der Waals surface area contributed by atoms with Crippen molar-refractivity contribution in [2.75, 3.05) is 33.5 Å². The van der Waals surface area contributed by atoms with Gasteiger partial charge in [-0.1, -0.05) is 48.6 Å². The fourth-order valence-electron chi connectivity index (χ4n) is 7.66. The molecule has 0 spiro atoms. The van der Waals surface area contributed by atoms with Gasteiger partial charge in [0.05, 0.1) is 53.0 Å². The van der Waals surface area contributed by atoms with Gasteiger partial charge in [-0.05, 0) is 110 Å². The highest BCUT2D eigenvalue weighted by Gasteiger charge is 2.28. The minimum Gasteiger partial charge on any atom is -0.377 e. The van der Waals surface area contributed by atoms with E-state index in [0.717, 1.165) is 118 Å². The molecule has 1 aromatic heterocycles. The van der Waals surface area contributed by atoms with Crippen molar-refractivity contribution in [2.24, 2.45) is 15.0 Å². The monoisotopic (exact) mass is 752 g/mol. The lowest BCUT2D eigenvalue weighted by molar-refractivity contribution is 0.160. The third-order valence-electron chi connectivity index (χ3n) is 10.5. The molecule has 8 nitrogen and oxygen atoms in total. The molecule has 5 aliphatic heterocycles. The first-order chi connectivity index (χ1) is 28.1. The number of nitrogens with one attached hydrogen (secondary N) is 2. The molecule has 6 aliphatic rings. The molecule has 8 rings (SSSR count). The molecule has 1 aliphatic carbocycles. The first kappa shape index (κ1) is 37.6. The number of ether oxygens (including phenoxy) is 2. The maximum atomic E-state index is 5.82. The summed E-state index contributed by atoms with van der Waals surface area (Å²) in [6.07, 6.45) is 31.5. The molecule has 0 saturated heterocycles. The van der Waals surface area contributed by atoms with Crippen LogP contribution in [0.25, 0.3) is 11.1 Å². The largest absolute Gasteiger partial charge is 0.377 e. The van der Waals surface area contributed by atoms with Gasteiger partial charge in [0.2, 0.25) is 0 Å². The lowest BCUT2D eigenvalue weighted by Crippen LogP contribution is -2.23. The zero-order chi connectivity index (χ0) is 39.0. The van der Waals surface area contributed by atoms with E-state index >= 15 is 0 Å². The van der Waals surface area contributed by atoms with Gasteiger partial charge in [-0.25, -0.2) is 15.0 Å². The highest BCUT2D eigenvalue weighted by Crippen LogP contribution is 2.37. The van der Waals surface area contributed by atoms with Crippen molar-refractivity contribution in [1.29, 1.82) is 0 Å². The number of H-pyrrole nitrogens is 1. The summed E-state index contributed by atoms with van der Waals surface area (Å²) in [5, 5.41) is 3.45. The molecule has 0 saturated carbocycles. The number of rotatable bonds is 16. The molecular formula is C49H48N6O2. The van der Waals surface area contributed by atoms with Crippen molar-refractivity contribution in [3.05, 3.63) is 197 Å². The molecule has 0 amide bonds. The average molecular weight is 753 g/mol. The summed E-state index contributed by atoms with van der Waals surface area (Å²) in [6, 6.07) is 13.3. The van der Waals surface area contributed by atoms with Gasteiger partial charge in [0.15, 0.2) is 0 Å². The summed E-state index contributed by atoms with van der Waals surface area (Å²) in [4.78, 5) is 22.0. The number of allylic oxidation sites excluding steroid dienone is 12. The Hall–Kier alpha value is -6.31. The third-order valence-corrected chi connectivity index (χ3v) is 10.5. The quantitative estimate of drug-likeness (QED) is 0.102. The van der Waals surface area contributed by atoms with Gasteiger partial charge in [0.25, 0.3) is 0 Å². The molecule has 6 heterocycles. The predicted molar refractivity (Wildman–Crippen MR) is 234 cm³/mol. The molecule has 0 atom stereocenters. The molecule has 2 aromatic rings. The normalized spacial score (nSPS) is 19.0. The molecule has 8 heteroatoms. The SMILES string of the molecule is C=CCOCCCC1=C2C=CC(=N2)/C(=C2\NC=CN2C)C2=NC(=C(CCCOCC=C)c3ccc([nH]3)C(c3ccc(CCC4=C=CC=C4)cc3)=C3C=CC1=N3)C=C2. The van der Waals surface area contributed by atoms with Crippen molar-refractivity contribution in [3.8, 4) is 0 Å². The van der Waals surface area contributed by atoms with Gasteiger partial charge >= 0.3 is 0 Å². The smallest absolute Gasteiger partial charge is 0.121 e. The summed E-state index contributed by atoms with van der Waals surface area (Å²) in [5.41, 5.74) is 18.4. The first-order valence-corrected chi connectivity index (χ1v) is 19.8. The Morgan fingerprint density at radius 3 is 2.00 bits per heavy atom. The number of hydrogen-bond acceptors (Lipinski definition) is 7. The molecule has 1 aromatic carbocycles. The minimum absolute atomic E-state index is 0.524. The van der Waals surface area contributed by atoms with Crippen molar-refractivity contribution >= 4 is 28.3 Å². The van der Waals surface area contributed by atoms with Crippen LogP contribution in [-0.4, -0.2) is 60.5 Å². The van der Waals surface area contributed by atoms with Gasteiger partial charge in [-0.2, -0.15) is 0 Å². The number of aromatic amines is 1. The molecule has 57 heavy (non-hydrogen) atoms. The number of aryl methyl sites for hydroxylation is 1. The number of aliphatic imine (C=N–C) groups is 3. The van der Waals surface area contributed by atoms with E-state index in [-0.39, 0.29) is 0 Å². The standard InChI is InChI=1S/C49H48N6O2/c1-4-30-56-32-8-12-37-39-20-24-43(51-39)47(36-18-16-35(17-19-36)15-14-34-10-6-7-11-34)44-25-21-40(52-44)38(13-9-33-57-31-5-2)42-23-27-46(54-42)48(45-26-22-41(37)53-45)49-50-28-29-55(49)3/h4-7,10,16-29,50-51H,1-2,8-9,12-15,30-33H2,3H3/b41-37?,42-38?,47-44?,49-48+. The van der Waals surface area contributed by atoms with Crippen LogP contribution < -0.4 is 5.32 Å². The van der Waals surface area contributed by atoms with E-state index in [9.17, 15) is 0 Å². The summed E-state index contributed by atoms with van der Waals surface area (Å²) < 4.78 is 11.6. The second-order valence-corrected chi connectivity index (χ2v) is 14.4. The fraction of sp³-hybridized carbons (Fsp3) is 0.224. The molecule has 0 fully saturated rings. The van der Waals surface area contributed by atoms with E-state index in [1.54, 1.807) is 12.2 Å². The van der Waals surface area contributed by atoms with Crippen molar-refractivity contribution in [3.63, 3.8) is 0 Å². The first-order valence-electron chi connectivity index (χ1n) is 19.8. The van der Waals surface area contributed by atoms with Crippen LogP contribution in [-0.2, 0) is 15.9 Å². The summed E-state index contributed by atoms with van der Waals surface area (Å²) in [6.45, 7) is 9.90. The van der Waals surface area contributed by atoms with E-state index in [0.29, 0.717) is 26.4 Å². The molecular weight excluding hydrogens is 705 g/mol. The number of fused-ring (bicyclic) bond motifs is 5. The molecule has 0 unspecified atom stereocenters.